The van der Waals surface area contributed by atoms with Crippen molar-refractivity contribution in [3.63, 3.8) is 0 Å². The van der Waals surface area contributed by atoms with Gasteiger partial charge in [-0.3, -0.25) is 4.79 Å². The zero-order valence-corrected chi connectivity index (χ0v) is 26.6. The monoisotopic (exact) mass is 604 g/mol. The maximum absolute atomic E-state index is 12.1. The number of piperidine rings is 2. The van der Waals surface area contributed by atoms with Crippen LogP contribution in [0.1, 0.15) is 92.9 Å². The summed E-state index contributed by atoms with van der Waals surface area (Å²) in [6.07, 6.45) is 19.4. The minimum atomic E-state index is -1.05. The van der Waals surface area contributed by atoms with Gasteiger partial charge in [-0.1, -0.05) is 5.92 Å². The summed E-state index contributed by atoms with van der Waals surface area (Å²) in [6, 6.07) is 0.196. The van der Waals surface area contributed by atoms with Crippen LogP contribution in [-0.4, -0.2) is 96.9 Å². The number of aliphatic hydroxyl groups is 1. The summed E-state index contributed by atoms with van der Waals surface area (Å²) in [5.74, 6) is 2.75. The molecule has 8 nitrogen and oxygen atoms in total. The Kier molecular flexibility index (Phi) is 13.7. The second-order valence-electron chi connectivity index (χ2n) is 12.1. The number of carbonyl (C=O) groups excluding carboxylic acids is 3. The zero-order valence-electron chi connectivity index (χ0n) is 23.6. The third-order valence-electron chi connectivity index (χ3n) is 6.79. The zero-order chi connectivity index (χ0) is 27.5. The fourth-order valence-electron chi connectivity index (χ4n) is 5.54. The van der Waals surface area contributed by atoms with Gasteiger partial charge in [0.1, 0.15) is 22.6 Å². The number of fused-ring (bicyclic) bond motifs is 4. The van der Waals surface area contributed by atoms with Gasteiger partial charge < -0.3 is 54.2 Å². The van der Waals surface area contributed by atoms with Crippen molar-refractivity contribution in [2.45, 2.75) is 134 Å². The summed E-state index contributed by atoms with van der Waals surface area (Å²) >= 11 is 0. The molecule has 10 heteroatoms. The van der Waals surface area contributed by atoms with Crippen LogP contribution < -0.4 is 17.0 Å². The topological polar surface area (TPSA) is 96.4 Å². The number of Topliss-reactive ketones (excluding diaryl/α,β-unsaturated/α-hetero) is 1. The SMILES string of the molecule is C#CC1(O)CC2CCC(C1)N2C(=O)OC(C)(C)C.CC(C)(C)OC(=O)N1C2CCC1CC(=O)C2.[Br-].[C-]#C.[Mg+2]. The van der Waals surface area contributed by atoms with Crippen LogP contribution in [-0.2, 0) is 14.3 Å². The number of ketones is 1. The van der Waals surface area contributed by atoms with E-state index >= 15 is 0 Å². The van der Waals surface area contributed by atoms with Crippen molar-refractivity contribution >= 4 is 41.0 Å². The smallest absolute Gasteiger partial charge is 1.00 e. The van der Waals surface area contributed by atoms with Crippen LogP contribution in [0.4, 0.5) is 9.59 Å². The van der Waals surface area contributed by atoms with E-state index in [1.165, 1.54) is 0 Å². The average Bonchev–Trinajstić information content (AvgIpc) is 3.19. The average molecular weight is 606 g/mol. The molecule has 4 fully saturated rings. The molecule has 4 rings (SSSR count). The van der Waals surface area contributed by atoms with Crippen molar-refractivity contribution in [1.82, 2.24) is 9.80 Å². The van der Waals surface area contributed by atoms with Crippen LogP contribution >= 0.6 is 0 Å². The van der Waals surface area contributed by atoms with E-state index in [0.717, 1.165) is 25.7 Å². The fraction of sp³-hybridized carbons (Fsp3) is 0.750. The number of hydrogen-bond acceptors (Lipinski definition) is 6. The van der Waals surface area contributed by atoms with Crippen LogP contribution in [0.15, 0.2) is 0 Å². The van der Waals surface area contributed by atoms with E-state index in [9.17, 15) is 19.5 Å². The number of amides is 2. The number of halogens is 1. The molecule has 4 aliphatic rings. The Morgan fingerprint density at radius 2 is 1.18 bits per heavy atom. The van der Waals surface area contributed by atoms with Crippen LogP contribution in [0.3, 0.4) is 0 Å². The maximum atomic E-state index is 12.1. The number of terminal acetylenes is 2. The minimum absolute atomic E-state index is 0. The van der Waals surface area contributed by atoms with E-state index in [0.29, 0.717) is 25.7 Å². The van der Waals surface area contributed by atoms with E-state index in [4.69, 9.17) is 22.3 Å². The first-order chi connectivity index (χ1) is 16.6. The van der Waals surface area contributed by atoms with E-state index in [2.05, 4.69) is 12.3 Å². The largest absolute Gasteiger partial charge is 2.00 e. The van der Waals surface area contributed by atoms with E-state index in [1.807, 2.05) is 41.5 Å². The van der Waals surface area contributed by atoms with Gasteiger partial charge in [-0.25, -0.2) is 9.59 Å². The standard InChI is InChI=1S/C14H21NO3.C12H19NO3.C2H.BrH.Mg/c1-5-14(17)8-10-6-7-11(9-14)15(10)12(16)18-13(2,3)4;1-12(2,3)16-11(15)13-8-4-5-9(13)7-10(14)6-8;1-2;;/h1,10-11,17H,6-9H2,2-4H3;8-9H,4-7H2,1-3H3;1H;1H;/q;;-1;;+2/p-1. The molecule has 0 aliphatic carbocycles. The normalized spacial score (nSPS) is 29.1. The molecule has 0 spiro atoms. The van der Waals surface area contributed by atoms with Crippen LogP contribution in [0, 0.1) is 25.2 Å². The molecule has 0 saturated carbocycles. The van der Waals surface area contributed by atoms with E-state index < -0.39 is 16.8 Å². The third kappa shape index (κ3) is 9.62. The molecule has 0 aromatic carbocycles. The summed E-state index contributed by atoms with van der Waals surface area (Å²) in [5, 5.41) is 10.2. The molecule has 4 aliphatic heterocycles. The summed E-state index contributed by atoms with van der Waals surface area (Å²) in [7, 11) is 0. The molecule has 2 amide bonds. The van der Waals surface area contributed by atoms with Crippen molar-refractivity contribution in [1.29, 1.82) is 0 Å². The summed E-state index contributed by atoms with van der Waals surface area (Å²) in [6.45, 7) is 11.2. The predicted molar refractivity (Wildman–Crippen MR) is 141 cm³/mol. The number of hydrogen-bond donors (Lipinski definition) is 1. The number of ether oxygens (including phenoxy) is 2. The van der Waals surface area contributed by atoms with Crippen molar-refractivity contribution in [3.05, 3.63) is 6.42 Å². The van der Waals surface area contributed by atoms with Gasteiger partial charge in [0.2, 0.25) is 0 Å². The molecule has 4 bridgehead atoms. The Balaban J connectivity index is 0.000000648. The van der Waals surface area contributed by atoms with Crippen LogP contribution in [0.2, 0.25) is 0 Å². The summed E-state index contributed by atoms with van der Waals surface area (Å²) in [4.78, 5) is 39.1. The van der Waals surface area contributed by atoms with Gasteiger partial charge in [0.05, 0.1) is 0 Å². The van der Waals surface area contributed by atoms with E-state index in [1.54, 1.807) is 9.80 Å². The number of nitrogens with zero attached hydrogens (tertiary/aromatic N) is 2. The molecule has 208 valence electrons. The summed E-state index contributed by atoms with van der Waals surface area (Å²) in [5.41, 5.74) is -2.00. The molecule has 0 aromatic heterocycles. The third-order valence-corrected chi connectivity index (χ3v) is 6.79. The second-order valence-corrected chi connectivity index (χ2v) is 12.1. The molecular formula is C28H41BrMgN2O6. The molecule has 4 unspecified atom stereocenters. The van der Waals surface area contributed by atoms with Gasteiger partial charge in [-0.05, 0) is 67.2 Å². The van der Waals surface area contributed by atoms with Gasteiger partial charge in [-0.2, -0.15) is 0 Å². The predicted octanol–water partition coefficient (Wildman–Crippen LogP) is 0.859. The Morgan fingerprint density at radius 1 is 0.868 bits per heavy atom. The van der Waals surface area contributed by atoms with Gasteiger partial charge in [0.15, 0.2) is 0 Å². The fourth-order valence-corrected chi connectivity index (χ4v) is 5.54. The van der Waals surface area contributed by atoms with Gasteiger partial charge >= 0.3 is 35.2 Å². The first kappa shape index (κ1) is 36.5. The molecule has 4 atom stereocenters. The molecule has 4 heterocycles. The molecule has 1 N–H and O–H groups in total. The maximum Gasteiger partial charge on any atom is 2.00 e. The van der Waals surface area contributed by atoms with Crippen LogP contribution in [0.25, 0.3) is 0 Å². The summed E-state index contributed by atoms with van der Waals surface area (Å²) < 4.78 is 10.8. The number of carbonyl (C=O) groups is 3. The first-order valence-electron chi connectivity index (χ1n) is 12.6. The van der Waals surface area contributed by atoms with Gasteiger partial charge in [0, 0.05) is 49.9 Å². The van der Waals surface area contributed by atoms with Crippen molar-refractivity contribution < 1.29 is 45.9 Å². The van der Waals surface area contributed by atoms with E-state index in [-0.39, 0.29) is 82.2 Å². The Morgan fingerprint density at radius 3 is 1.50 bits per heavy atom. The van der Waals surface area contributed by atoms with Crippen molar-refractivity contribution in [2.24, 2.45) is 0 Å². The molecule has 0 aromatic rings. The molecular weight excluding hydrogens is 565 g/mol. The second kappa shape index (κ2) is 14.3. The number of rotatable bonds is 0. The first-order valence-corrected chi connectivity index (χ1v) is 12.6. The van der Waals surface area contributed by atoms with Gasteiger partial charge in [-0.15, -0.1) is 6.42 Å². The quantitative estimate of drug-likeness (QED) is 0.250. The van der Waals surface area contributed by atoms with Crippen molar-refractivity contribution in [3.8, 4) is 18.8 Å². The van der Waals surface area contributed by atoms with Gasteiger partial charge in [0.25, 0.3) is 0 Å². The molecule has 0 radical (unpaired) electrons. The molecule has 38 heavy (non-hydrogen) atoms. The Bertz CT molecular complexity index is 874. The minimum Gasteiger partial charge on any atom is -1.00 e. The van der Waals surface area contributed by atoms with Crippen molar-refractivity contribution in [2.75, 3.05) is 0 Å². The Hall–Kier alpha value is -1.46. The van der Waals surface area contributed by atoms with Crippen LogP contribution in [0.5, 0.6) is 0 Å². The molecule has 4 saturated heterocycles. The Labute approximate surface area is 254 Å².